The number of fused-ring (bicyclic) bond motifs is 3. The summed E-state index contributed by atoms with van der Waals surface area (Å²) in [7, 11) is 0. The average Bonchev–Trinajstić information content (AvgIpc) is 2.54. The van der Waals surface area contributed by atoms with Crippen LogP contribution in [0.1, 0.15) is 31.2 Å². The van der Waals surface area contributed by atoms with Gasteiger partial charge in [0.05, 0.1) is 11.8 Å². The average molecular weight is 305 g/mol. The van der Waals surface area contributed by atoms with Gasteiger partial charge in [-0.25, -0.2) is 4.39 Å². The molecular weight excluding hydrogens is 285 g/mol. The molecule has 118 valence electrons. The first-order valence-electron chi connectivity index (χ1n) is 7.81. The van der Waals surface area contributed by atoms with E-state index in [2.05, 4.69) is 5.32 Å². The highest BCUT2D eigenvalue weighted by Crippen LogP contribution is 2.49. The van der Waals surface area contributed by atoms with Crippen LogP contribution in [0.4, 0.5) is 4.39 Å². The summed E-state index contributed by atoms with van der Waals surface area (Å²) in [6.45, 7) is 0.305. The highest BCUT2D eigenvalue weighted by Gasteiger charge is 2.50. The number of nitrogens with one attached hydrogen (secondary N) is 1. The Labute approximate surface area is 128 Å². The summed E-state index contributed by atoms with van der Waals surface area (Å²) in [4.78, 5) is 24.0. The van der Waals surface area contributed by atoms with Crippen molar-refractivity contribution in [3.8, 4) is 0 Å². The molecule has 0 aromatic heterocycles. The van der Waals surface area contributed by atoms with Crippen LogP contribution in [0, 0.1) is 29.5 Å². The molecular formula is C17H20FNO3. The number of halogens is 1. The van der Waals surface area contributed by atoms with Crippen molar-refractivity contribution in [3.05, 3.63) is 35.6 Å². The minimum atomic E-state index is -0.851. The predicted octanol–water partition coefficient (Wildman–Crippen LogP) is 2.58. The van der Waals surface area contributed by atoms with Crippen molar-refractivity contribution in [1.29, 1.82) is 0 Å². The zero-order valence-corrected chi connectivity index (χ0v) is 12.3. The monoisotopic (exact) mass is 305 g/mol. The summed E-state index contributed by atoms with van der Waals surface area (Å²) in [5, 5.41) is 12.3. The fraction of sp³-hybridized carbons (Fsp3) is 0.529. The normalized spacial score (nSPS) is 30.0. The van der Waals surface area contributed by atoms with Crippen molar-refractivity contribution in [2.24, 2.45) is 23.7 Å². The molecule has 0 saturated heterocycles. The van der Waals surface area contributed by atoms with Crippen LogP contribution in [-0.2, 0) is 16.1 Å². The third-order valence-electron chi connectivity index (χ3n) is 5.19. The highest BCUT2D eigenvalue weighted by atomic mass is 19.1. The molecule has 5 heteroatoms. The number of benzene rings is 1. The topological polar surface area (TPSA) is 66.4 Å². The van der Waals surface area contributed by atoms with Gasteiger partial charge in [-0.3, -0.25) is 9.59 Å². The van der Waals surface area contributed by atoms with Gasteiger partial charge in [-0.15, -0.1) is 0 Å². The summed E-state index contributed by atoms with van der Waals surface area (Å²) in [6.07, 6.45) is 3.74. The fourth-order valence-electron chi connectivity index (χ4n) is 4.09. The maximum Gasteiger partial charge on any atom is 0.307 e. The molecule has 1 aromatic carbocycles. The molecule has 0 heterocycles. The molecule has 0 spiro atoms. The van der Waals surface area contributed by atoms with Crippen molar-refractivity contribution in [2.45, 2.75) is 32.2 Å². The van der Waals surface area contributed by atoms with Crippen LogP contribution < -0.4 is 5.32 Å². The van der Waals surface area contributed by atoms with Crippen molar-refractivity contribution >= 4 is 11.9 Å². The fourth-order valence-corrected chi connectivity index (χ4v) is 4.09. The Balaban J connectivity index is 1.67. The molecule has 3 aliphatic carbocycles. The Hall–Kier alpha value is -1.91. The van der Waals surface area contributed by atoms with E-state index in [9.17, 15) is 19.1 Å². The molecule has 3 saturated carbocycles. The first-order chi connectivity index (χ1) is 10.6. The molecule has 1 aromatic rings. The molecule has 2 bridgehead atoms. The summed E-state index contributed by atoms with van der Waals surface area (Å²) >= 11 is 0. The lowest BCUT2D eigenvalue weighted by Crippen LogP contribution is -2.50. The van der Waals surface area contributed by atoms with Crippen LogP contribution >= 0.6 is 0 Å². The molecule has 22 heavy (non-hydrogen) atoms. The van der Waals surface area contributed by atoms with Gasteiger partial charge in [-0.1, -0.05) is 12.1 Å². The van der Waals surface area contributed by atoms with Crippen LogP contribution in [-0.4, -0.2) is 17.0 Å². The van der Waals surface area contributed by atoms with Gasteiger partial charge in [-0.05, 0) is 55.2 Å². The first-order valence-corrected chi connectivity index (χ1v) is 7.81. The standard InChI is InChI=1S/C17H20FNO3/c18-13-7-1-10(2-8-13)9-19-16(20)14-11-3-5-12(6-4-11)15(14)17(21)22/h1-2,7-8,11-12,14-15H,3-6,9H2,(H,19,20)(H,21,22)/t11?,12?,14-,15-/m1/s1. The van der Waals surface area contributed by atoms with E-state index in [0.717, 1.165) is 31.2 Å². The van der Waals surface area contributed by atoms with Gasteiger partial charge in [0.1, 0.15) is 5.82 Å². The molecule has 1 amide bonds. The number of aliphatic carboxylic acids is 1. The summed E-state index contributed by atoms with van der Waals surface area (Å²) in [5.41, 5.74) is 0.808. The zero-order valence-electron chi connectivity index (χ0n) is 12.3. The molecule has 3 fully saturated rings. The van der Waals surface area contributed by atoms with E-state index < -0.39 is 17.8 Å². The number of rotatable bonds is 4. The molecule has 2 atom stereocenters. The summed E-state index contributed by atoms with van der Waals surface area (Å²) < 4.78 is 12.9. The van der Waals surface area contributed by atoms with E-state index in [1.807, 2.05) is 0 Å². The highest BCUT2D eigenvalue weighted by molar-refractivity contribution is 5.85. The van der Waals surface area contributed by atoms with Crippen LogP contribution in [0.2, 0.25) is 0 Å². The second-order valence-electron chi connectivity index (χ2n) is 6.41. The van der Waals surface area contributed by atoms with Gasteiger partial charge in [0.15, 0.2) is 0 Å². The van der Waals surface area contributed by atoms with E-state index in [1.165, 1.54) is 12.1 Å². The van der Waals surface area contributed by atoms with Gasteiger partial charge in [0.2, 0.25) is 5.91 Å². The lowest BCUT2D eigenvalue weighted by molar-refractivity contribution is -0.158. The van der Waals surface area contributed by atoms with Gasteiger partial charge in [-0.2, -0.15) is 0 Å². The largest absolute Gasteiger partial charge is 0.481 e. The number of carbonyl (C=O) groups is 2. The lowest BCUT2D eigenvalue weighted by atomic mass is 9.58. The third-order valence-corrected chi connectivity index (χ3v) is 5.19. The SMILES string of the molecule is O=C(O)[C@@H]1C2CCC(CC2)[C@H]1C(=O)NCc1ccc(F)cc1. The summed E-state index contributed by atoms with van der Waals surface area (Å²) in [6, 6.07) is 5.95. The van der Waals surface area contributed by atoms with Gasteiger partial charge in [0, 0.05) is 6.54 Å². The van der Waals surface area contributed by atoms with Crippen molar-refractivity contribution in [1.82, 2.24) is 5.32 Å². The molecule has 4 nitrogen and oxygen atoms in total. The molecule has 2 N–H and O–H groups in total. The number of carboxylic acids is 1. The lowest BCUT2D eigenvalue weighted by Gasteiger charge is -2.45. The Kier molecular flexibility index (Phi) is 4.14. The van der Waals surface area contributed by atoms with Gasteiger partial charge >= 0.3 is 5.97 Å². The number of hydrogen-bond acceptors (Lipinski definition) is 2. The van der Waals surface area contributed by atoms with E-state index >= 15 is 0 Å². The molecule has 4 rings (SSSR count). The van der Waals surface area contributed by atoms with E-state index in [-0.39, 0.29) is 23.6 Å². The Morgan fingerprint density at radius 1 is 1.05 bits per heavy atom. The van der Waals surface area contributed by atoms with Crippen molar-refractivity contribution in [3.63, 3.8) is 0 Å². The van der Waals surface area contributed by atoms with E-state index in [0.29, 0.717) is 6.54 Å². The smallest absolute Gasteiger partial charge is 0.307 e. The Bertz CT molecular complexity index is 564. The number of hydrogen-bond donors (Lipinski definition) is 2. The minimum Gasteiger partial charge on any atom is -0.481 e. The van der Waals surface area contributed by atoms with Crippen LogP contribution in [0.5, 0.6) is 0 Å². The van der Waals surface area contributed by atoms with Crippen LogP contribution in [0.15, 0.2) is 24.3 Å². The zero-order chi connectivity index (χ0) is 15.7. The number of carboxylic acid groups (broad SMARTS) is 1. The predicted molar refractivity (Wildman–Crippen MR) is 78.3 cm³/mol. The second kappa shape index (κ2) is 6.07. The van der Waals surface area contributed by atoms with Crippen LogP contribution in [0.3, 0.4) is 0 Å². The molecule has 0 unspecified atom stereocenters. The van der Waals surface area contributed by atoms with E-state index in [1.54, 1.807) is 12.1 Å². The van der Waals surface area contributed by atoms with E-state index in [4.69, 9.17) is 0 Å². The first kappa shape index (κ1) is 15.0. The Morgan fingerprint density at radius 2 is 1.59 bits per heavy atom. The number of amides is 1. The maximum absolute atomic E-state index is 12.9. The summed E-state index contributed by atoms with van der Waals surface area (Å²) in [5.74, 6) is -2.01. The minimum absolute atomic E-state index is 0.129. The quantitative estimate of drug-likeness (QED) is 0.898. The molecule has 0 aliphatic heterocycles. The van der Waals surface area contributed by atoms with Gasteiger partial charge in [0.25, 0.3) is 0 Å². The molecule has 3 aliphatic rings. The maximum atomic E-state index is 12.9. The van der Waals surface area contributed by atoms with Crippen LogP contribution in [0.25, 0.3) is 0 Å². The number of carbonyl (C=O) groups excluding carboxylic acids is 1. The van der Waals surface area contributed by atoms with Gasteiger partial charge < -0.3 is 10.4 Å². The molecule has 0 radical (unpaired) electrons. The Morgan fingerprint density at radius 3 is 2.14 bits per heavy atom. The second-order valence-corrected chi connectivity index (χ2v) is 6.41. The third kappa shape index (κ3) is 2.85. The van der Waals surface area contributed by atoms with Crippen molar-refractivity contribution in [2.75, 3.05) is 0 Å². The van der Waals surface area contributed by atoms with Crippen molar-refractivity contribution < 1.29 is 19.1 Å².